The van der Waals surface area contributed by atoms with E-state index in [4.69, 9.17) is 11.6 Å². The number of carbonyl (C=O) groups is 1. The summed E-state index contributed by atoms with van der Waals surface area (Å²) < 4.78 is 0.926. The van der Waals surface area contributed by atoms with Crippen LogP contribution in [0.1, 0.15) is 5.56 Å². The van der Waals surface area contributed by atoms with E-state index >= 15 is 0 Å². The van der Waals surface area contributed by atoms with E-state index in [-0.39, 0.29) is 12.5 Å². The minimum atomic E-state index is -0.105. The van der Waals surface area contributed by atoms with Gasteiger partial charge in [0.1, 0.15) is 0 Å². The van der Waals surface area contributed by atoms with Gasteiger partial charge < -0.3 is 10.6 Å². The number of halogens is 2. The van der Waals surface area contributed by atoms with Crippen LogP contribution in [-0.2, 0) is 4.79 Å². The largest absolute Gasteiger partial charge is 0.375 e. The molecule has 0 unspecified atom stereocenters. The molecule has 2 N–H and O–H groups in total. The first-order valence-corrected chi connectivity index (χ1v) is 7.28. The third-order valence-electron chi connectivity index (χ3n) is 2.78. The molecule has 20 heavy (non-hydrogen) atoms. The molecule has 104 valence electrons. The molecule has 0 heterocycles. The van der Waals surface area contributed by atoms with Crippen LogP contribution in [0.5, 0.6) is 0 Å². The first-order chi connectivity index (χ1) is 9.56. The van der Waals surface area contributed by atoms with Crippen molar-refractivity contribution in [1.82, 2.24) is 0 Å². The molecule has 0 bridgehead atoms. The summed E-state index contributed by atoms with van der Waals surface area (Å²) in [5, 5.41) is 6.59. The van der Waals surface area contributed by atoms with Gasteiger partial charge in [0, 0.05) is 20.9 Å². The summed E-state index contributed by atoms with van der Waals surface area (Å²) >= 11 is 9.31. The van der Waals surface area contributed by atoms with E-state index < -0.39 is 0 Å². The van der Waals surface area contributed by atoms with Gasteiger partial charge in [-0.2, -0.15) is 0 Å². The van der Waals surface area contributed by atoms with Crippen molar-refractivity contribution in [1.29, 1.82) is 0 Å². The lowest BCUT2D eigenvalue weighted by Gasteiger charge is -2.11. The van der Waals surface area contributed by atoms with Crippen LogP contribution in [0.15, 0.2) is 46.9 Å². The Labute approximate surface area is 131 Å². The lowest BCUT2D eigenvalue weighted by molar-refractivity contribution is -0.114. The van der Waals surface area contributed by atoms with Crippen LogP contribution < -0.4 is 10.6 Å². The Balaban J connectivity index is 1.94. The van der Waals surface area contributed by atoms with E-state index in [2.05, 4.69) is 26.6 Å². The zero-order chi connectivity index (χ0) is 14.5. The third kappa shape index (κ3) is 3.99. The van der Waals surface area contributed by atoms with Crippen LogP contribution in [0.3, 0.4) is 0 Å². The molecule has 0 atom stereocenters. The van der Waals surface area contributed by atoms with Crippen molar-refractivity contribution in [3.05, 3.63) is 57.5 Å². The fourth-order valence-corrected chi connectivity index (χ4v) is 2.39. The van der Waals surface area contributed by atoms with Crippen molar-refractivity contribution >= 4 is 44.8 Å². The van der Waals surface area contributed by atoms with Crippen LogP contribution in [0.4, 0.5) is 11.4 Å². The van der Waals surface area contributed by atoms with Gasteiger partial charge in [-0.3, -0.25) is 4.79 Å². The lowest BCUT2D eigenvalue weighted by atomic mass is 10.2. The monoisotopic (exact) mass is 352 g/mol. The Morgan fingerprint density at radius 1 is 1.20 bits per heavy atom. The molecule has 0 radical (unpaired) electrons. The summed E-state index contributed by atoms with van der Waals surface area (Å²) in [6.45, 7) is 2.10. The molecule has 0 fully saturated rings. The molecule has 0 aliphatic carbocycles. The number of amides is 1. The number of anilines is 2. The van der Waals surface area contributed by atoms with Crippen LogP contribution in [0, 0.1) is 6.92 Å². The number of para-hydroxylation sites is 1. The fourth-order valence-electron chi connectivity index (χ4n) is 1.74. The number of hydrogen-bond acceptors (Lipinski definition) is 2. The highest BCUT2D eigenvalue weighted by Gasteiger charge is 2.06. The van der Waals surface area contributed by atoms with Gasteiger partial charge in [0.15, 0.2) is 0 Å². The zero-order valence-electron chi connectivity index (χ0n) is 10.9. The molecule has 0 aliphatic heterocycles. The van der Waals surface area contributed by atoms with E-state index in [0.29, 0.717) is 5.02 Å². The predicted molar refractivity (Wildman–Crippen MR) is 87.5 cm³/mol. The van der Waals surface area contributed by atoms with Crippen molar-refractivity contribution < 1.29 is 4.79 Å². The molecule has 0 aromatic heterocycles. The summed E-state index contributed by atoms with van der Waals surface area (Å²) in [5.41, 5.74) is 2.59. The second-order valence-electron chi connectivity index (χ2n) is 4.34. The summed E-state index contributed by atoms with van der Waals surface area (Å²) in [5.74, 6) is -0.105. The Hall–Kier alpha value is -1.52. The molecule has 3 nitrogen and oxygen atoms in total. The van der Waals surface area contributed by atoms with Crippen molar-refractivity contribution in [2.75, 3.05) is 17.2 Å². The summed E-state index contributed by atoms with van der Waals surface area (Å²) in [6.07, 6.45) is 0. The molecule has 0 spiro atoms. The summed E-state index contributed by atoms with van der Waals surface area (Å²) in [7, 11) is 0. The zero-order valence-corrected chi connectivity index (χ0v) is 13.3. The predicted octanol–water partition coefficient (Wildman–Crippen LogP) is 4.46. The van der Waals surface area contributed by atoms with Crippen LogP contribution in [-0.4, -0.2) is 12.5 Å². The van der Waals surface area contributed by atoms with Gasteiger partial charge in [-0.15, -0.1) is 0 Å². The first-order valence-electron chi connectivity index (χ1n) is 6.10. The number of carbonyl (C=O) groups excluding carboxylic acids is 1. The molecule has 2 aromatic carbocycles. The second-order valence-corrected chi connectivity index (χ2v) is 5.63. The molecule has 0 saturated carbocycles. The smallest absolute Gasteiger partial charge is 0.243 e. The van der Waals surface area contributed by atoms with Crippen molar-refractivity contribution in [3.8, 4) is 0 Å². The minimum absolute atomic E-state index is 0.105. The maximum absolute atomic E-state index is 11.9. The molecule has 0 aliphatic rings. The molecule has 0 saturated heterocycles. The number of nitrogens with one attached hydrogen (secondary N) is 2. The van der Waals surface area contributed by atoms with Gasteiger partial charge in [0.05, 0.1) is 6.54 Å². The number of rotatable bonds is 4. The molecule has 2 aromatic rings. The first kappa shape index (κ1) is 14.9. The highest BCUT2D eigenvalue weighted by molar-refractivity contribution is 9.10. The molecular formula is C15H14BrClN2O. The van der Waals surface area contributed by atoms with Gasteiger partial charge in [-0.05, 0) is 58.7 Å². The normalized spacial score (nSPS) is 10.2. The van der Waals surface area contributed by atoms with Gasteiger partial charge in [-0.25, -0.2) is 0 Å². The molecular weight excluding hydrogens is 340 g/mol. The topological polar surface area (TPSA) is 41.1 Å². The van der Waals surface area contributed by atoms with E-state index in [0.717, 1.165) is 21.4 Å². The lowest BCUT2D eigenvalue weighted by Crippen LogP contribution is -2.22. The van der Waals surface area contributed by atoms with Crippen LogP contribution in [0.2, 0.25) is 5.02 Å². The van der Waals surface area contributed by atoms with E-state index in [1.54, 1.807) is 12.1 Å². The average molecular weight is 354 g/mol. The number of hydrogen-bond donors (Lipinski definition) is 2. The average Bonchev–Trinajstić information content (AvgIpc) is 2.41. The van der Waals surface area contributed by atoms with Crippen LogP contribution in [0.25, 0.3) is 0 Å². The van der Waals surface area contributed by atoms with Gasteiger partial charge in [0.2, 0.25) is 5.91 Å². The van der Waals surface area contributed by atoms with E-state index in [9.17, 15) is 4.79 Å². The maximum Gasteiger partial charge on any atom is 0.243 e. The van der Waals surface area contributed by atoms with Crippen molar-refractivity contribution in [2.24, 2.45) is 0 Å². The molecule has 2 rings (SSSR count). The Morgan fingerprint density at radius 3 is 2.65 bits per heavy atom. The highest BCUT2D eigenvalue weighted by atomic mass is 79.9. The Morgan fingerprint density at radius 2 is 1.95 bits per heavy atom. The van der Waals surface area contributed by atoms with Crippen molar-refractivity contribution in [3.63, 3.8) is 0 Å². The van der Waals surface area contributed by atoms with Gasteiger partial charge >= 0.3 is 0 Å². The standard InChI is InChI=1S/C15H14BrClN2O/c1-10-8-11(17)6-7-13(10)19-15(20)9-18-14-5-3-2-4-12(14)16/h2-8,18H,9H2,1H3,(H,19,20). The van der Waals surface area contributed by atoms with Crippen molar-refractivity contribution in [2.45, 2.75) is 6.92 Å². The Bertz CT molecular complexity index is 631. The Kier molecular flexibility index (Phi) is 5.04. The van der Waals surface area contributed by atoms with E-state index in [1.807, 2.05) is 37.3 Å². The molecule has 1 amide bonds. The number of aryl methyl sites for hydroxylation is 1. The summed E-state index contributed by atoms with van der Waals surface area (Å²) in [4.78, 5) is 11.9. The fraction of sp³-hybridized carbons (Fsp3) is 0.133. The summed E-state index contributed by atoms with van der Waals surface area (Å²) in [6, 6.07) is 13.0. The maximum atomic E-state index is 11.9. The third-order valence-corrected chi connectivity index (χ3v) is 3.70. The number of benzene rings is 2. The quantitative estimate of drug-likeness (QED) is 0.852. The SMILES string of the molecule is Cc1cc(Cl)ccc1NC(=O)CNc1ccccc1Br. The van der Waals surface area contributed by atoms with E-state index in [1.165, 1.54) is 0 Å². The van der Waals surface area contributed by atoms with Gasteiger partial charge in [-0.1, -0.05) is 23.7 Å². The highest BCUT2D eigenvalue weighted by Crippen LogP contribution is 2.21. The minimum Gasteiger partial charge on any atom is -0.375 e. The molecule has 5 heteroatoms. The second kappa shape index (κ2) is 6.77. The van der Waals surface area contributed by atoms with Crippen LogP contribution >= 0.6 is 27.5 Å². The van der Waals surface area contributed by atoms with Gasteiger partial charge in [0.25, 0.3) is 0 Å².